The Morgan fingerprint density at radius 1 is 1.33 bits per heavy atom. The van der Waals surface area contributed by atoms with Crippen LogP contribution in [0.2, 0.25) is 0 Å². The van der Waals surface area contributed by atoms with Gasteiger partial charge in [-0.3, -0.25) is 9.69 Å². The van der Waals surface area contributed by atoms with Crippen LogP contribution in [0.4, 0.5) is 20.6 Å². The molecule has 2 heterocycles. The van der Waals surface area contributed by atoms with Gasteiger partial charge in [-0.05, 0) is 24.6 Å². The van der Waals surface area contributed by atoms with Crippen LogP contribution < -0.4 is 15.1 Å². The Labute approximate surface area is 180 Å². The lowest BCUT2D eigenvalue weighted by Crippen LogP contribution is -2.50. The molecule has 1 aromatic rings. The zero-order valence-electron chi connectivity index (χ0n) is 17.2. The van der Waals surface area contributed by atoms with Crippen molar-refractivity contribution < 1.29 is 23.5 Å². The molecule has 2 saturated heterocycles. The monoisotopic (exact) mass is 438 g/mol. The molecule has 2 aliphatic rings. The van der Waals surface area contributed by atoms with E-state index in [2.05, 4.69) is 5.32 Å². The van der Waals surface area contributed by atoms with Crippen LogP contribution in [-0.4, -0.2) is 81.0 Å². The van der Waals surface area contributed by atoms with Crippen LogP contribution in [0.1, 0.15) is 13.3 Å². The first-order valence-corrected chi connectivity index (χ1v) is 10.4. The summed E-state index contributed by atoms with van der Waals surface area (Å²) in [5.41, 5.74) is 0.910. The van der Waals surface area contributed by atoms with Gasteiger partial charge in [-0.2, -0.15) is 0 Å². The minimum Gasteiger partial charge on any atom is -0.442 e. The predicted molar refractivity (Wildman–Crippen MR) is 116 cm³/mol. The molecule has 8 nitrogen and oxygen atoms in total. The zero-order valence-corrected chi connectivity index (χ0v) is 18.0. The molecule has 0 aliphatic carbocycles. The van der Waals surface area contributed by atoms with Gasteiger partial charge in [0.25, 0.3) is 0 Å². The first-order valence-electron chi connectivity index (χ1n) is 9.99. The average molecular weight is 439 g/mol. The normalized spacial score (nSPS) is 19.1. The molecule has 1 atom stereocenters. The van der Waals surface area contributed by atoms with Crippen molar-refractivity contribution in [2.75, 3.05) is 62.8 Å². The predicted octanol–water partition coefficient (Wildman–Crippen LogP) is 1.77. The van der Waals surface area contributed by atoms with Gasteiger partial charge in [-0.1, -0.05) is 19.1 Å². The van der Waals surface area contributed by atoms with Crippen LogP contribution in [0, 0.1) is 5.82 Å². The number of ether oxygens (including phenoxy) is 2. The number of nitrogens with one attached hydrogen (secondary N) is 1. The third-order valence-corrected chi connectivity index (χ3v) is 5.64. The molecule has 2 fully saturated rings. The number of carbonyl (C=O) groups is 2. The lowest BCUT2D eigenvalue weighted by Gasteiger charge is -2.36. The smallest absolute Gasteiger partial charge is 0.414 e. The topological polar surface area (TPSA) is 74.4 Å². The molecule has 30 heavy (non-hydrogen) atoms. The van der Waals surface area contributed by atoms with Crippen molar-refractivity contribution in [3.05, 3.63) is 24.0 Å². The van der Waals surface area contributed by atoms with Gasteiger partial charge in [0.2, 0.25) is 5.91 Å². The lowest BCUT2D eigenvalue weighted by molar-refractivity contribution is -0.135. The van der Waals surface area contributed by atoms with Gasteiger partial charge in [-0.15, -0.1) is 0 Å². The number of halogens is 1. The molecular weight excluding hydrogens is 411 g/mol. The summed E-state index contributed by atoms with van der Waals surface area (Å²) < 4.78 is 25.1. The van der Waals surface area contributed by atoms with Crippen molar-refractivity contribution in [2.24, 2.45) is 0 Å². The number of benzene rings is 1. The Morgan fingerprint density at radius 2 is 2.07 bits per heavy atom. The number of methoxy groups -OCH3 is 1. The second-order valence-electron chi connectivity index (χ2n) is 7.21. The van der Waals surface area contributed by atoms with E-state index in [-0.39, 0.29) is 18.6 Å². The Balaban J connectivity index is 1.60. The first kappa shape index (κ1) is 22.2. The number of thiocarbonyl (C=S) groups is 1. The van der Waals surface area contributed by atoms with Crippen LogP contribution in [-0.2, 0) is 14.3 Å². The third kappa shape index (κ3) is 5.17. The molecule has 164 valence electrons. The highest BCUT2D eigenvalue weighted by atomic mass is 32.1. The van der Waals surface area contributed by atoms with E-state index in [1.165, 1.54) is 18.1 Å². The zero-order chi connectivity index (χ0) is 21.7. The molecule has 0 bridgehead atoms. The van der Waals surface area contributed by atoms with Crippen LogP contribution in [0.5, 0.6) is 0 Å². The van der Waals surface area contributed by atoms with Crippen LogP contribution >= 0.6 is 12.2 Å². The standard InChI is InChI=1S/C20H27FN4O4S/c1-3-18(30)22-11-15-12-25(20(27)29-15)14-4-5-17(16(21)10-14)23-6-8-24(9-7-23)19(26)13-28-2/h4-5,10,15H,3,6-9,11-13H2,1-2H3,(H,22,30)/t15-/m0/s1. The SMILES string of the molecule is CCC(=S)NC[C@H]1CN(c2ccc(N3CCN(C(=O)COC)CC3)c(F)c2)C(=O)O1. The summed E-state index contributed by atoms with van der Waals surface area (Å²) in [6.45, 7) is 4.84. The Morgan fingerprint density at radius 3 is 2.70 bits per heavy atom. The van der Waals surface area contributed by atoms with Gasteiger partial charge >= 0.3 is 6.09 Å². The Bertz CT molecular complexity index is 801. The van der Waals surface area contributed by atoms with Gasteiger partial charge in [0.15, 0.2) is 0 Å². The highest BCUT2D eigenvalue weighted by molar-refractivity contribution is 7.80. The van der Waals surface area contributed by atoms with Crippen LogP contribution in [0.15, 0.2) is 18.2 Å². The summed E-state index contributed by atoms with van der Waals surface area (Å²) in [5.74, 6) is -0.477. The summed E-state index contributed by atoms with van der Waals surface area (Å²) in [7, 11) is 1.49. The number of anilines is 2. The molecule has 0 saturated carbocycles. The number of cyclic esters (lactones) is 1. The quantitative estimate of drug-likeness (QED) is 0.651. The summed E-state index contributed by atoms with van der Waals surface area (Å²) in [6.07, 6.45) is -0.120. The molecule has 2 aliphatic heterocycles. The van der Waals surface area contributed by atoms with Crippen molar-refractivity contribution in [2.45, 2.75) is 19.4 Å². The molecule has 0 unspecified atom stereocenters. The van der Waals surface area contributed by atoms with E-state index in [9.17, 15) is 14.0 Å². The molecule has 0 spiro atoms. The Hall–Kier alpha value is -2.46. The number of hydrogen-bond acceptors (Lipinski definition) is 6. The molecule has 3 rings (SSSR count). The maximum absolute atomic E-state index is 14.8. The minimum atomic E-state index is -0.498. The molecular formula is C20H27FN4O4S. The van der Waals surface area contributed by atoms with Crippen LogP contribution in [0.25, 0.3) is 0 Å². The van der Waals surface area contributed by atoms with Crippen molar-refractivity contribution in [3.63, 3.8) is 0 Å². The molecule has 2 amide bonds. The fourth-order valence-electron chi connectivity index (χ4n) is 3.52. The molecule has 10 heteroatoms. The van der Waals surface area contributed by atoms with Gasteiger partial charge in [0.1, 0.15) is 18.5 Å². The molecule has 1 aromatic carbocycles. The van der Waals surface area contributed by atoms with Crippen molar-refractivity contribution in [1.29, 1.82) is 0 Å². The van der Waals surface area contributed by atoms with Gasteiger partial charge < -0.3 is 24.6 Å². The fourth-order valence-corrected chi connectivity index (χ4v) is 3.61. The highest BCUT2D eigenvalue weighted by Crippen LogP contribution is 2.28. The van der Waals surface area contributed by atoms with E-state index >= 15 is 0 Å². The third-order valence-electron chi connectivity index (χ3n) is 5.21. The van der Waals surface area contributed by atoms with Gasteiger partial charge in [0, 0.05) is 33.3 Å². The van der Waals surface area contributed by atoms with E-state index < -0.39 is 11.9 Å². The average Bonchev–Trinajstić information content (AvgIpc) is 3.12. The van der Waals surface area contributed by atoms with Crippen LogP contribution in [0.3, 0.4) is 0 Å². The lowest BCUT2D eigenvalue weighted by atomic mass is 10.2. The van der Waals surface area contributed by atoms with E-state index in [0.29, 0.717) is 55.6 Å². The second kappa shape index (κ2) is 10.0. The van der Waals surface area contributed by atoms with Crippen molar-refractivity contribution in [1.82, 2.24) is 10.2 Å². The summed E-state index contributed by atoms with van der Waals surface area (Å²) >= 11 is 5.12. The summed E-state index contributed by atoms with van der Waals surface area (Å²) in [6, 6.07) is 4.74. The fraction of sp³-hybridized carbons (Fsp3) is 0.550. The van der Waals surface area contributed by atoms with E-state index in [1.807, 2.05) is 11.8 Å². The molecule has 1 N–H and O–H groups in total. The minimum absolute atomic E-state index is 0.0513. The van der Waals surface area contributed by atoms with E-state index in [4.69, 9.17) is 21.7 Å². The summed E-state index contributed by atoms with van der Waals surface area (Å²) in [5, 5.41) is 3.06. The van der Waals surface area contributed by atoms with Crippen molar-refractivity contribution in [3.8, 4) is 0 Å². The van der Waals surface area contributed by atoms with E-state index in [1.54, 1.807) is 17.0 Å². The first-order chi connectivity index (χ1) is 14.4. The molecule has 0 radical (unpaired) electrons. The largest absolute Gasteiger partial charge is 0.442 e. The number of piperazine rings is 1. The number of hydrogen-bond donors (Lipinski definition) is 1. The second-order valence-corrected chi connectivity index (χ2v) is 7.70. The summed E-state index contributed by atoms with van der Waals surface area (Å²) in [4.78, 5) is 29.9. The highest BCUT2D eigenvalue weighted by Gasteiger charge is 2.33. The molecule has 0 aromatic heterocycles. The van der Waals surface area contributed by atoms with Crippen molar-refractivity contribution >= 4 is 40.6 Å². The number of amides is 2. The van der Waals surface area contributed by atoms with Gasteiger partial charge in [-0.25, -0.2) is 9.18 Å². The maximum atomic E-state index is 14.8. The Kier molecular flexibility index (Phi) is 7.43. The van der Waals surface area contributed by atoms with Gasteiger partial charge in [0.05, 0.1) is 29.5 Å². The maximum Gasteiger partial charge on any atom is 0.414 e. The van der Waals surface area contributed by atoms with E-state index in [0.717, 1.165) is 6.42 Å². The number of rotatable bonds is 7. The number of carbonyl (C=O) groups excluding carboxylic acids is 2. The number of nitrogens with zero attached hydrogens (tertiary/aromatic N) is 3.